The number of hydrogen-bond donors (Lipinski definition) is 3. The van der Waals surface area contributed by atoms with Crippen molar-refractivity contribution in [3.63, 3.8) is 0 Å². The van der Waals surface area contributed by atoms with Gasteiger partial charge in [-0.1, -0.05) is 64.7 Å². The molecule has 0 bridgehead atoms. The van der Waals surface area contributed by atoms with E-state index in [9.17, 15) is 14.7 Å². The molecular weight excluding hydrogens is 490 g/mol. The maximum atomic E-state index is 13.4. The van der Waals surface area contributed by atoms with Crippen LogP contribution in [-0.4, -0.2) is 40.6 Å². The van der Waals surface area contributed by atoms with Gasteiger partial charge in [-0.15, -0.1) is 0 Å². The summed E-state index contributed by atoms with van der Waals surface area (Å²) in [5, 5.41) is 17.8. The van der Waals surface area contributed by atoms with E-state index in [4.69, 9.17) is 9.72 Å². The third-order valence-electron chi connectivity index (χ3n) is 8.25. The van der Waals surface area contributed by atoms with Gasteiger partial charge in [0.15, 0.2) is 0 Å². The zero-order valence-electron chi connectivity index (χ0n) is 23.2. The van der Waals surface area contributed by atoms with Crippen LogP contribution in [0.1, 0.15) is 81.0 Å². The first kappa shape index (κ1) is 27.1. The van der Waals surface area contributed by atoms with Gasteiger partial charge in [0.25, 0.3) is 5.91 Å². The summed E-state index contributed by atoms with van der Waals surface area (Å²) in [6, 6.07) is 15.8. The maximum absolute atomic E-state index is 13.4. The second kappa shape index (κ2) is 11.0. The van der Waals surface area contributed by atoms with E-state index in [1.807, 2.05) is 30.3 Å². The lowest BCUT2D eigenvalue weighted by Crippen LogP contribution is -2.59. The summed E-state index contributed by atoms with van der Waals surface area (Å²) in [7, 11) is 0. The molecule has 0 atom stereocenters. The van der Waals surface area contributed by atoms with E-state index < -0.39 is 17.4 Å². The standard InChI is InChI=1S/C32H39N3O4/c1-31(2,3)23-9-12-24(13-10-23)39-25-11-8-22-19-28(29(36)35-32(30(37)38)14-16-33-17-15-32)34-27(26(22)20-25)18-21-6-4-5-7-21/h8-13,19-21,33H,4-7,14-18H2,1-3H3,(H,35,36)(H,37,38). The Bertz CT molecular complexity index is 1350. The average molecular weight is 530 g/mol. The minimum Gasteiger partial charge on any atom is -0.480 e. The van der Waals surface area contributed by atoms with Gasteiger partial charge in [-0.2, -0.15) is 0 Å². The van der Waals surface area contributed by atoms with Crippen molar-refractivity contribution in [1.29, 1.82) is 0 Å². The second-order valence-corrected chi connectivity index (χ2v) is 12.2. The number of carboxylic acids is 1. The Morgan fingerprint density at radius 2 is 1.69 bits per heavy atom. The Morgan fingerprint density at radius 1 is 1.03 bits per heavy atom. The highest BCUT2D eigenvalue weighted by molar-refractivity contribution is 6.00. The molecule has 3 N–H and O–H groups in total. The lowest BCUT2D eigenvalue weighted by atomic mass is 9.87. The van der Waals surface area contributed by atoms with Crippen LogP contribution in [0.4, 0.5) is 0 Å². The van der Waals surface area contributed by atoms with Gasteiger partial charge in [-0.05, 0) is 85.0 Å². The summed E-state index contributed by atoms with van der Waals surface area (Å²) in [6.07, 6.45) is 6.22. The van der Waals surface area contributed by atoms with Gasteiger partial charge in [-0.25, -0.2) is 9.78 Å². The van der Waals surface area contributed by atoms with Gasteiger partial charge >= 0.3 is 5.97 Å². The zero-order valence-corrected chi connectivity index (χ0v) is 23.2. The van der Waals surface area contributed by atoms with Gasteiger partial charge in [0, 0.05) is 11.1 Å². The average Bonchev–Trinajstić information content (AvgIpc) is 3.42. The molecule has 206 valence electrons. The fourth-order valence-corrected chi connectivity index (χ4v) is 5.81. The molecule has 1 saturated carbocycles. The highest BCUT2D eigenvalue weighted by Gasteiger charge is 2.41. The highest BCUT2D eigenvalue weighted by atomic mass is 16.5. The van der Waals surface area contributed by atoms with Crippen LogP contribution in [0.5, 0.6) is 11.5 Å². The molecule has 1 saturated heterocycles. The number of amides is 1. The van der Waals surface area contributed by atoms with Crippen molar-refractivity contribution in [2.45, 2.75) is 76.7 Å². The predicted octanol–water partition coefficient (Wildman–Crippen LogP) is 5.99. The van der Waals surface area contributed by atoms with Crippen LogP contribution in [0, 0.1) is 5.92 Å². The lowest BCUT2D eigenvalue weighted by molar-refractivity contribution is -0.145. The zero-order chi connectivity index (χ0) is 27.6. The van der Waals surface area contributed by atoms with Gasteiger partial charge in [-0.3, -0.25) is 4.79 Å². The minimum atomic E-state index is -1.27. The molecule has 1 aliphatic carbocycles. The number of hydrogen-bond acceptors (Lipinski definition) is 5. The summed E-state index contributed by atoms with van der Waals surface area (Å²) in [4.78, 5) is 30.3. The lowest BCUT2D eigenvalue weighted by Gasteiger charge is -2.34. The van der Waals surface area contributed by atoms with E-state index in [0.29, 0.717) is 31.8 Å². The van der Waals surface area contributed by atoms with E-state index in [1.165, 1.54) is 18.4 Å². The summed E-state index contributed by atoms with van der Waals surface area (Å²) in [6.45, 7) is 7.66. The number of ether oxygens (including phenoxy) is 1. The molecule has 39 heavy (non-hydrogen) atoms. The fourth-order valence-electron chi connectivity index (χ4n) is 5.81. The molecular formula is C32H39N3O4. The van der Waals surface area contributed by atoms with E-state index in [1.54, 1.807) is 6.07 Å². The third-order valence-corrected chi connectivity index (χ3v) is 8.25. The fraction of sp³-hybridized carbons (Fsp3) is 0.469. The molecule has 7 nitrogen and oxygen atoms in total. The van der Waals surface area contributed by atoms with E-state index in [2.05, 4.69) is 43.5 Å². The largest absolute Gasteiger partial charge is 0.480 e. The van der Waals surface area contributed by atoms with Crippen molar-refractivity contribution in [3.8, 4) is 11.5 Å². The predicted molar refractivity (Wildman–Crippen MR) is 153 cm³/mol. The monoisotopic (exact) mass is 529 g/mol. The molecule has 0 unspecified atom stereocenters. The number of aliphatic carboxylic acids is 1. The van der Waals surface area contributed by atoms with Gasteiger partial charge < -0.3 is 20.5 Å². The van der Waals surface area contributed by atoms with Gasteiger partial charge in [0.05, 0.1) is 0 Å². The Hall–Kier alpha value is -3.45. The van der Waals surface area contributed by atoms with Crippen LogP contribution < -0.4 is 15.4 Å². The number of piperidine rings is 1. The topological polar surface area (TPSA) is 101 Å². The van der Waals surface area contributed by atoms with Crippen LogP contribution in [0.3, 0.4) is 0 Å². The van der Waals surface area contributed by atoms with Crippen molar-refractivity contribution in [1.82, 2.24) is 15.6 Å². The van der Waals surface area contributed by atoms with Crippen LogP contribution in [0.25, 0.3) is 10.8 Å². The summed E-state index contributed by atoms with van der Waals surface area (Å²) in [5.41, 5.74) is 1.18. The summed E-state index contributed by atoms with van der Waals surface area (Å²) in [5.74, 6) is 0.583. The van der Waals surface area contributed by atoms with E-state index >= 15 is 0 Å². The van der Waals surface area contributed by atoms with Crippen LogP contribution in [0.2, 0.25) is 0 Å². The first-order valence-electron chi connectivity index (χ1n) is 14.1. The molecule has 0 spiro atoms. The number of aromatic nitrogens is 1. The molecule has 2 heterocycles. The molecule has 0 radical (unpaired) electrons. The molecule has 2 fully saturated rings. The number of carboxylic acid groups (broad SMARTS) is 1. The molecule has 5 rings (SSSR count). The van der Waals surface area contributed by atoms with Crippen LogP contribution >= 0.6 is 0 Å². The number of carbonyl (C=O) groups excluding carboxylic acids is 1. The van der Waals surface area contributed by atoms with Crippen molar-refractivity contribution < 1.29 is 19.4 Å². The van der Waals surface area contributed by atoms with Crippen molar-refractivity contribution in [3.05, 3.63) is 65.5 Å². The molecule has 1 aromatic heterocycles. The molecule has 1 aliphatic heterocycles. The Kier molecular flexibility index (Phi) is 7.63. The smallest absolute Gasteiger partial charge is 0.329 e. The minimum absolute atomic E-state index is 0.0737. The first-order valence-corrected chi connectivity index (χ1v) is 14.1. The Morgan fingerprint density at radius 3 is 2.33 bits per heavy atom. The normalized spacial score (nSPS) is 17.7. The second-order valence-electron chi connectivity index (χ2n) is 12.2. The Balaban J connectivity index is 1.45. The van der Waals surface area contributed by atoms with Crippen molar-refractivity contribution in [2.75, 3.05) is 13.1 Å². The number of carbonyl (C=O) groups is 2. The highest BCUT2D eigenvalue weighted by Crippen LogP contribution is 2.33. The number of pyridine rings is 1. The van der Waals surface area contributed by atoms with E-state index in [-0.39, 0.29) is 11.1 Å². The molecule has 2 aliphatic rings. The quantitative estimate of drug-likeness (QED) is 0.347. The molecule has 1 amide bonds. The maximum Gasteiger partial charge on any atom is 0.329 e. The van der Waals surface area contributed by atoms with E-state index in [0.717, 1.165) is 47.2 Å². The first-order chi connectivity index (χ1) is 18.6. The Labute approximate surface area is 230 Å². The van der Waals surface area contributed by atoms with Gasteiger partial charge in [0.1, 0.15) is 22.7 Å². The third kappa shape index (κ3) is 6.09. The summed E-state index contributed by atoms with van der Waals surface area (Å²) >= 11 is 0. The molecule has 7 heteroatoms. The number of rotatable bonds is 7. The SMILES string of the molecule is CC(C)(C)c1ccc(Oc2ccc3cc(C(=O)NC4(C(=O)O)CCNCC4)nc(CC4CCCC4)c3c2)cc1. The number of benzene rings is 2. The van der Waals surface area contributed by atoms with Crippen LogP contribution in [-0.2, 0) is 16.6 Å². The van der Waals surface area contributed by atoms with Crippen molar-refractivity contribution >= 4 is 22.6 Å². The summed E-state index contributed by atoms with van der Waals surface area (Å²) < 4.78 is 6.22. The number of nitrogens with one attached hydrogen (secondary N) is 2. The number of fused-ring (bicyclic) bond motifs is 1. The molecule has 3 aromatic rings. The molecule has 2 aromatic carbocycles. The number of nitrogens with zero attached hydrogens (tertiary/aromatic N) is 1. The van der Waals surface area contributed by atoms with Crippen LogP contribution in [0.15, 0.2) is 48.5 Å². The van der Waals surface area contributed by atoms with Gasteiger partial charge in [0.2, 0.25) is 0 Å². The van der Waals surface area contributed by atoms with Crippen molar-refractivity contribution in [2.24, 2.45) is 5.92 Å².